The smallest absolute Gasteiger partial charge is 0.245 e. The average Bonchev–Trinajstić information content (AvgIpc) is 3.09. The van der Waals surface area contributed by atoms with Gasteiger partial charge in [-0.3, -0.25) is 4.79 Å². The third kappa shape index (κ3) is 4.89. The minimum atomic E-state index is -0.247. The molecular formula is C20H20FN3OS. The minimum Gasteiger partial charge on any atom is -0.376 e. The molecule has 3 aromatic rings. The van der Waals surface area contributed by atoms with Crippen molar-refractivity contribution in [3.63, 3.8) is 0 Å². The molecule has 0 atom stereocenters. The van der Waals surface area contributed by atoms with E-state index < -0.39 is 0 Å². The summed E-state index contributed by atoms with van der Waals surface area (Å²) < 4.78 is 13.0. The van der Waals surface area contributed by atoms with E-state index in [1.165, 1.54) is 29.0 Å². The fraction of sp³-hybridized carbons (Fsp3) is 0.200. The summed E-state index contributed by atoms with van der Waals surface area (Å²) in [6, 6.07) is 14.3. The molecule has 26 heavy (non-hydrogen) atoms. The van der Waals surface area contributed by atoms with Crippen molar-refractivity contribution < 1.29 is 9.18 Å². The Bertz CT molecular complexity index is 877. The van der Waals surface area contributed by atoms with Crippen molar-refractivity contribution in [2.75, 3.05) is 17.2 Å². The summed E-state index contributed by atoms with van der Waals surface area (Å²) in [5.41, 5.74) is 3.16. The molecule has 0 aliphatic carbocycles. The minimum absolute atomic E-state index is 0.140. The van der Waals surface area contributed by atoms with Gasteiger partial charge in [-0.25, -0.2) is 9.37 Å². The van der Waals surface area contributed by atoms with Gasteiger partial charge in [0.25, 0.3) is 0 Å². The molecule has 0 aliphatic rings. The van der Waals surface area contributed by atoms with Crippen LogP contribution in [-0.4, -0.2) is 17.4 Å². The molecular weight excluding hydrogens is 349 g/mol. The van der Waals surface area contributed by atoms with Crippen LogP contribution < -0.4 is 10.6 Å². The molecule has 0 unspecified atom stereocenters. The lowest BCUT2D eigenvalue weighted by Crippen LogP contribution is -2.22. The highest BCUT2D eigenvalue weighted by molar-refractivity contribution is 7.15. The average molecular weight is 369 g/mol. The number of thiazole rings is 1. The van der Waals surface area contributed by atoms with Crippen molar-refractivity contribution in [3.8, 4) is 0 Å². The molecule has 0 aliphatic heterocycles. The third-order valence-corrected chi connectivity index (χ3v) is 4.84. The summed E-state index contributed by atoms with van der Waals surface area (Å²) >= 11 is 1.42. The Kier molecular flexibility index (Phi) is 5.96. The zero-order valence-corrected chi connectivity index (χ0v) is 15.3. The number of carbonyl (C=O) groups is 1. The maximum atomic E-state index is 13.0. The summed E-state index contributed by atoms with van der Waals surface area (Å²) in [5, 5.41) is 6.54. The number of aryl methyl sites for hydroxylation is 1. The fourth-order valence-electron chi connectivity index (χ4n) is 2.59. The van der Waals surface area contributed by atoms with Crippen LogP contribution in [0.5, 0.6) is 0 Å². The van der Waals surface area contributed by atoms with Crippen LogP contribution in [0.3, 0.4) is 0 Å². The normalized spacial score (nSPS) is 10.5. The Morgan fingerprint density at radius 1 is 1.15 bits per heavy atom. The lowest BCUT2D eigenvalue weighted by atomic mass is 10.1. The molecule has 0 spiro atoms. The summed E-state index contributed by atoms with van der Waals surface area (Å²) in [6.07, 6.45) is 3.31. The van der Waals surface area contributed by atoms with E-state index in [2.05, 4.69) is 22.5 Å². The molecule has 0 saturated carbocycles. The Morgan fingerprint density at radius 3 is 2.69 bits per heavy atom. The van der Waals surface area contributed by atoms with Crippen LogP contribution in [0.2, 0.25) is 0 Å². The van der Waals surface area contributed by atoms with E-state index >= 15 is 0 Å². The zero-order chi connectivity index (χ0) is 18.4. The molecule has 3 rings (SSSR count). The van der Waals surface area contributed by atoms with Gasteiger partial charge in [0.1, 0.15) is 5.82 Å². The van der Waals surface area contributed by atoms with Gasteiger partial charge in [0.05, 0.1) is 6.54 Å². The number of hydrogen-bond acceptors (Lipinski definition) is 4. The van der Waals surface area contributed by atoms with Crippen LogP contribution in [-0.2, 0) is 17.6 Å². The van der Waals surface area contributed by atoms with Gasteiger partial charge >= 0.3 is 0 Å². The molecule has 2 aromatic carbocycles. The van der Waals surface area contributed by atoms with Gasteiger partial charge in [-0.15, -0.1) is 11.3 Å². The highest BCUT2D eigenvalue weighted by Crippen LogP contribution is 2.21. The first-order chi connectivity index (χ1) is 12.6. The number of nitrogens with one attached hydrogen (secondary N) is 2. The van der Waals surface area contributed by atoms with Gasteiger partial charge in [-0.1, -0.05) is 37.3 Å². The number of hydrogen-bond donors (Lipinski definition) is 2. The van der Waals surface area contributed by atoms with Crippen molar-refractivity contribution in [3.05, 3.63) is 76.5 Å². The lowest BCUT2D eigenvalue weighted by molar-refractivity contribution is -0.114. The molecule has 1 aromatic heterocycles. The van der Waals surface area contributed by atoms with Crippen LogP contribution in [0.25, 0.3) is 0 Å². The third-order valence-electron chi connectivity index (χ3n) is 3.93. The van der Waals surface area contributed by atoms with Gasteiger partial charge in [-0.2, -0.15) is 0 Å². The number of nitrogens with zero attached hydrogens (tertiary/aromatic N) is 1. The highest BCUT2D eigenvalue weighted by atomic mass is 32.1. The number of aromatic nitrogens is 1. The Balaban J connectivity index is 1.53. The van der Waals surface area contributed by atoms with E-state index in [0.717, 1.165) is 22.5 Å². The number of anilines is 2. The maximum absolute atomic E-state index is 13.0. The molecule has 0 radical (unpaired) electrons. The quantitative estimate of drug-likeness (QED) is 0.645. The number of amides is 1. The Morgan fingerprint density at radius 2 is 1.92 bits per heavy atom. The lowest BCUT2D eigenvalue weighted by Gasteiger charge is -2.10. The zero-order valence-electron chi connectivity index (χ0n) is 14.5. The van der Waals surface area contributed by atoms with Crippen molar-refractivity contribution in [1.29, 1.82) is 0 Å². The molecule has 0 fully saturated rings. The second-order valence-corrected chi connectivity index (χ2v) is 6.96. The number of rotatable bonds is 7. The topological polar surface area (TPSA) is 54.0 Å². The SMILES string of the molecule is CCc1ccccc1NCC(=O)Nc1ncc(Cc2ccc(F)cc2)s1. The first-order valence-electron chi connectivity index (χ1n) is 8.45. The summed E-state index contributed by atoms with van der Waals surface area (Å²) in [7, 11) is 0. The van der Waals surface area contributed by atoms with E-state index in [0.29, 0.717) is 11.6 Å². The van der Waals surface area contributed by atoms with Crippen molar-refractivity contribution in [2.45, 2.75) is 19.8 Å². The van der Waals surface area contributed by atoms with Crippen molar-refractivity contribution >= 4 is 28.1 Å². The predicted octanol–water partition coefficient (Wildman–Crippen LogP) is 4.49. The van der Waals surface area contributed by atoms with Crippen LogP contribution in [0.1, 0.15) is 22.9 Å². The molecule has 4 nitrogen and oxygen atoms in total. The molecule has 134 valence electrons. The number of halogens is 1. The van der Waals surface area contributed by atoms with Crippen LogP contribution in [0, 0.1) is 5.82 Å². The van der Waals surface area contributed by atoms with Gasteiger partial charge in [0.2, 0.25) is 5.91 Å². The number of benzene rings is 2. The van der Waals surface area contributed by atoms with E-state index in [9.17, 15) is 9.18 Å². The van der Waals surface area contributed by atoms with E-state index in [1.54, 1.807) is 18.3 Å². The van der Waals surface area contributed by atoms with Gasteiger partial charge in [0, 0.05) is 23.2 Å². The Labute approximate surface area is 156 Å². The van der Waals surface area contributed by atoms with Gasteiger partial charge in [-0.05, 0) is 35.7 Å². The number of carbonyl (C=O) groups excluding carboxylic acids is 1. The highest BCUT2D eigenvalue weighted by Gasteiger charge is 2.08. The molecule has 1 heterocycles. The van der Waals surface area contributed by atoms with E-state index in [-0.39, 0.29) is 18.3 Å². The largest absolute Gasteiger partial charge is 0.376 e. The summed E-state index contributed by atoms with van der Waals surface area (Å²) in [5.74, 6) is -0.387. The first kappa shape index (κ1) is 18.1. The van der Waals surface area contributed by atoms with E-state index in [4.69, 9.17) is 0 Å². The van der Waals surface area contributed by atoms with E-state index in [1.807, 2.05) is 24.3 Å². The second kappa shape index (κ2) is 8.58. The fourth-order valence-corrected chi connectivity index (χ4v) is 3.45. The number of para-hydroxylation sites is 1. The summed E-state index contributed by atoms with van der Waals surface area (Å²) in [6.45, 7) is 2.27. The molecule has 6 heteroatoms. The predicted molar refractivity (Wildman–Crippen MR) is 104 cm³/mol. The summed E-state index contributed by atoms with van der Waals surface area (Å²) in [4.78, 5) is 17.4. The second-order valence-electron chi connectivity index (χ2n) is 5.85. The standard InChI is InChI=1S/C20H20FN3OS/c1-2-15-5-3-4-6-18(15)22-13-19(25)24-20-23-12-17(26-20)11-14-7-9-16(21)10-8-14/h3-10,12,22H,2,11,13H2,1H3,(H,23,24,25). The van der Waals surface area contributed by atoms with Crippen molar-refractivity contribution in [2.24, 2.45) is 0 Å². The monoisotopic (exact) mass is 369 g/mol. The van der Waals surface area contributed by atoms with Gasteiger partial charge in [0.15, 0.2) is 5.13 Å². The van der Waals surface area contributed by atoms with Crippen LogP contribution in [0.4, 0.5) is 15.2 Å². The molecule has 2 N–H and O–H groups in total. The first-order valence-corrected chi connectivity index (χ1v) is 9.26. The van der Waals surface area contributed by atoms with Crippen LogP contribution in [0.15, 0.2) is 54.7 Å². The Hall–Kier alpha value is -2.73. The molecule has 0 saturated heterocycles. The molecule has 1 amide bonds. The maximum Gasteiger partial charge on any atom is 0.245 e. The van der Waals surface area contributed by atoms with Crippen molar-refractivity contribution in [1.82, 2.24) is 4.98 Å². The van der Waals surface area contributed by atoms with Gasteiger partial charge < -0.3 is 10.6 Å². The molecule has 0 bridgehead atoms. The van der Waals surface area contributed by atoms with Crippen LogP contribution >= 0.6 is 11.3 Å².